The van der Waals surface area contributed by atoms with Crippen LogP contribution in [0.15, 0.2) is 5.16 Å². The smallest absolute Gasteiger partial charge is 0.217 e. The predicted octanol–water partition coefficient (Wildman–Crippen LogP) is 2.58. The van der Waals surface area contributed by atoms with Gasteiger partial charge in [0.25, 0.3) is 0 Å². The molecular weight excluding hydrogens is 279 g/mol. The molecule has 0 radical (unpaired) electrons. The van der Waals surface area contributed by atoms with Crippen molar-refractivity contribution in [3.63, 3.8) is 0 Å². The summed E-state index contributed by atoms with van der Waals surface area (Å²) >= 11 is 0.884. The zero-order valence-electron chi connectivity index (χ0n) is 9.97. The standard InChI is InChI=1S/C10H12F3N5S/c11-10(12,13)7(5-14)6-19-9-15-16-17-18(9)8-3-1-2-4-8/h7-8H,1-4,6H2. The Kier molecular flexibility index (Phi) is 4.29. The van der Waals surface area contributed by atoms with Crippen LogP contribution in [-0.2, 0) is 0 Å². The minimum atomic E-state index is -4.51. The maximum absolute atomic E-state index is 12.5. The van der Waals surface area contributed by atoms with Crippen molar-refractivity contribution in [2.24, 2.45) is 5.92 Å². The number of nitrogens with zero attached hydrogens (tertiary/aromatic N) is 5. The fourth-order valence-corrected chi connectivity index (χ4v) is 3.01. The summed E-state index contributed by atoms with van der Waals surface area (Å²) in [4.78, 5) is 0. The van der Waals surface area contributed by atoms with Gasteiger partial charge in [0.2, 0.25) is 5.16 Å². The molecule has 2 rings (SSSR count). The van der Waals surface area contributed by atoms with E-state index in [0.29, 0.717) is 5.16 Å². The van der Waals surface area contributed by atoms with Crippen LogP contribution in [0.25, 0.3) is 0 Å². The molecule has 9 heteroatoms. The highest BCUT2D eigenvalue weighted by Gasteiger charge is 2.40. The molecule has 104 valence electrons. The van der Waals surface area contributed by atoms with E-state index in [4.69, 9.17) is 5.26 Å². The summed E-state index contributed by atoms with van der Waals surface area (Å²) in [5, 5.41) is 20.0. The zero-order chi connectivity index (χ0) is 13.9. The Balaban J connectivity index is 2.00. The van der Waals surface area contributed by atoms with E-state index in [1.165, 1.54) is 6.07 Å². The molecule has 0 aliphatic heterocycles. The van der Waals surface area contributed by atoms with Crippen molar-refractivity contribution in [1.29, 1.82) is 5.26 Å². The van der Waals surface area contributed by atoms with Crippen molar-refractivity contribution in [2.75, 3.05) is 5.75 Å². The number of thioether (sulfide) groups is 1. The molecule has 1 aromatic heterocycles. The van der Waals surface area contributed by atoms with Gasteiger partial charge in [-0.1, -0.05) is 24.6 Å². The Hall–Kier alpha value is -1.30. The molecule has 5 nitrogen and oxygen atoms in total. The second-order valence-corrected chi connectivity index (χ2v) is 5.37. The van der Waals surface area contributed by atoms with Crippen molar-refractivity contribution in [2.45, 2.75) is 43.1 Å². The molecule has 1 aromatic rings. The Morgan fingerprint density at radius 2 is 2.11 bits per heavy atom. The number of aromatic nitrogens is 4. The molecule has 1 saturated carbocycles. The van der Waals surface area contributed by atoms with Crippen LogP contribution < -0.4 is 0 Å². The SMILES string of the molecule is N#CC(CSc1nnnn1C1CCCC1)C(F)(F)F. The Bertz CT molecular complexity index is 460. The zero-order valence-corrected chi connectivity index (χ0v) is 10.8. The van der Waals surface area contributed by atoms with Gasteiger partial charge in [0.05, 0.1) is 12.1 Å². The first kappa shape index (κ1) is 14.1. The van der Waals surface area contributed by atoms with Crippen molar-refractivity contribution < 1.29 is 13.2 Å². The van der Waals surface area contributed by atoms with Crippen LogP contribution in [0.1, 0.15) is 31.7 Å². The normalized spacial score (nSPS) is 18.4. The molecule has 0 amide bonds. The lowest BCUT2D eigenvalue weighted by atomic mass is 10.2. The minimum Gasteiger partial charge on any atom is -0.217 e. The third-order valence-electron chi connectivity index (χ3n) is 3.06. The van der Waals surface area contributed by atoms with Gasteiger partial charge in [-0.05, 0) is 23.3 Å². The van der Waals surface area contributed by atoms with Crippen molar-refractivity contribution in [3.05, 3.63) is 0 Å². The summed E-state index contributed by atoms with van der Waals surface area (Å²) in [5.41, 5.74) is 0. The minimum absolute atomic E-state index is 0.170. The average molecular weight is 291 g/mol. The van der Waals surface area contributed by atoms with E-state index >= 15 is 0 Å². The van der Waals surface area contributed by atoms with E-state index in [-0.39, 0.29) is 11.8 Å². The highest BCUT2D eigenvalue weighted by molar-refractivity contribution is 7.99. The molecule has 0 N–H and O–H groups in total. The van der Waals surface area contributed by atoms with Gasteiger partial charge in [-0.25, -0.2) is 4.68 Å². The topological polar surface area (TPSA) is 67.4 Å². The van der Waals surface area contributed by atoms with Gasteiger partial charge in [-0.15, -0.1) is 5.10 Å². The Morgan fingerprint density at radius 1 is 1.42 bits per heavy atom. The van der Waals surface area contributed by atoms with Gasteiger partial charge in [0.1, 0.15) is 0 Å². The maximum atomic E-state index is 12.5. The lowest BCUT2D eigenvalue weighted by molar-refractivity contribution is -0.152. The Labute approximate surface area is 112 Å². The van der Waals surface area contributed by atoms with Gasteiger partial charge in [-0.2, -0.15) is 18.4 Å². The molecule has 1 aliphatic rings. The third-order valence-corrected chi connectivity index (χ3v) is 4.09. The summed E-state index contributed by atoms with van der Waals surface area (Å²) < 4.78 is 39.0. The highest BCUT2D eigenvalue weighted by atomic mass is 32.2. The number of tetrazole rings is 1. The fourth-order valence-electron chi connectivity index (χ4n) is 2.02. The van der Waals surface area contributed by atoms with E-state index in [2.05, 4.69) is 15.5 Å². The summed E-state index contributed by atoms with van der Waals surface area (Å²) in [6.07, 6.45) is -0.456. The van der Waals surface area contributed by atoms with Crippen LogP contribution in [0.3, 0.4) is 0 Å². The van der Waals surface area contributed by atoms with Crippen molar-refractivity contribution in [1.82, 2.24) is 20.2 Å². The predicted molar refractivity (Wildman–Crippen MR) is 61.2 cm³/mol. The second kappa shape index (κ2) is 5.77. The lowest BCUT2D eigenvalue weighted by Crippen LogP contribution is -2.23. The summed E-state index contributed by atoms with van der Waals surface area (Å²) in [6, 6.07) is 1.44. The van der Waals surface area contributed by atoms with E-state index in [1.54, 1.807) is 4.68 Å². The summed E-state index contributed by atoms with van der Waals surface area (Å²) in [6.45, 7) is 0. The molecule has 0 bridgehead atoms. The molecule has 0 spiro atoms. The highest BCUT2D eigenvalue weighted by Crippen LogP contribution is 2.34. The molecule has 1 fully saturated rings. The summed E-state index contributed by atoms with van der Waals surface area (Å²) in [7, 11) is 0. The van der Waals surface area contributed by atoms with E-state index in [0.717, 1.165) is 37.4 Å². The molecule has 1 aliphatic carbocycles. The van der Waals surface area contributed by atoms with E-state index < -0.39 is 12.1 Å². The van der Waals surface area contributed by atoms with Gasteiger partial charge < -0.3 is 0 Å². The van der Waals surface area contributed by atoms with Gasteiger partial charge >= 0.3 is 6.18 Å². The maximum Gasteiger partial charge on any atom is 0.405 e. The van der Waals surface area contributed by atoms with Crippen LogP contribution in [0, 0.1) is 17.2 Å². The van der Waals surface area contributed by atoms with Gasteiger partial charge in [0, 0.05) is 5.75 Å². The van der Waals surface area contributed by atoms with Crippen LogP contribution >= 0.6 is 11.8 Å². The van der Waals surface area contributed by atoms with E-state index in [9.17, 15) is 13.2 Å². The first-order valence-electron chi connectivity index (χ1n) is 5.89. The van der Waals surface area contributed by atoms with Crippen LogP contribution in [0.5, 0.6) is 0 Å². The summed E-state index contributed by atoms with van der Waals surface area (Å²) in [5.74, 6) is -2.38. The lowest BCUT2D eigenvalue weighted by Gasteiger charge is -2.14. The first-order valence-corrected chi connectivity index (χ1v) is 6.88. The molecule has 1 unspecified atom stereocenters. The van der Waals surface area contributed by atoms with Gasteiger partial charge in [0.15, 0.2) is 5.92 Å². The number of halogens is 3. The molecule has 0 aromatic carbocycles. The monoisotopic (exact) mass is 291 g/mol. The molecule has 19 heavy (non-hydrogen) atoms. The molecule has 0 saturated heterocycles. The number of rotatable bonds is 4. The first-order chi connectivity index (χ1) is 9.02. The average Bonchev–Trinajstić information content (AvgIpc) is 2.97. The van der Waals surface area contributed by atoms with Gasteiger partial charge in [-0.3, -0.25) is 0 Å². The van der Waals surface area contributed by atoms with Crippen molar-refractivity contribution in [3.8, 4) is 6.07 Å². The molecular formula is C10H12F3N5S. The molecule has 1 heterocycles. The fraction of sp³-hybridized carbons (Fsp3) is 0.800. The van der Waals surface area contributed by atoms with Crippen LogP contribution in [0.2, 0.25) is 0 Å². The van der Waals surface area contributed by atoms with Crippen LogP contribution in [-0.4, -0.2) is 32.1 Å². The molecule has 1 atom stereocenters. The Morgan fingerprint density at radius 3 is 2.68 bits per heavy atom. The number of hydrogen-bond donors (Lipinski definition) is 0. The number of alkyl halides is 3. The quantitative estimate of drug-likeness (QED) is 0.798. The largest absolute Gasteiger partial charge is 0.405 e. The number of hydrogen-bond acceptors (Lipinski definition) is 5. The van der Waals surface area contributed by atoms with Crippen molar-refractivity contribution >= 4 is 11.8 Å². The number of nitriles is 1. The van der Waals surface area contributed by atoms with E-state index in [1.807, 2.05) is 0 Å². The second-order valence-electron chi connectivity index (χ2n) is 4.38. The van der Waals surface area contributed by atoms with Crippen LogP contribution in [0.4, 0.5) is 13.2 Å². The third kappa shape index (κ3) is 3.37.